The summed E-state index contributed by atoms with van der Waals surface area (Å²) < 4.78 is 0. The minimum Gasteiger partial charge on any atom is -0.323 e. The lowest BCUT2D eigenvalue weighted by atomic mass is 10.4. The second kappa shape index (κ2) is 3.66. The van der Waals surface area contributed by atoms with Gasteiger partial charge in [0.2, 0.25) is 0 Å². The maximum Gasteiger partial charge on any atom is 0.0363 e. The molecule has 2 atom stereocenters. The summed E-state index contributed by atoms with van der Waals surface area (Å²) in [5.41, 5.74) is 5.29. The van der Waals surface area contributed by atoms with Gasteiger partial charge in [0.05, 0.1) is 0 Å². The summed E-state index contributed by atoms with van der Waals surface area (Å²) in [5.74, 6) is 0. The zero-order valence-corrected chi connectivity index (χ0v) is 5.40. The number of thiocarbonyl (C=S) groups is 1. The van der Waals surface area contributed by atoms with Gasteiger partial charge in [0.25, 0.3) is 0 Å². The molecular weight excluding hydrogens is 113 g/mol. The third kappa shape index (κ3) is 2.70. The molecule has 3 heteroatoms. The Morgan fingerprint density at radius 2 is 2.50 bits per heavy atom. The first-order chi connectivity index (χ1) is 2.81. The molecule has 0 saturated carbocycles. The first-order valence-electron chi connectivity index (χ1n) is 1.72. The summed E-state index contributed by atoms with van der Waals surface area (Å²) in [6.45, 7) is 0. The van der Waals surface area contributed by atoms with E-state index in [1.165, 1.54) is 0 Å². The van der Waals surface area contributed by atoms with Crippen molar-refractivity contribution in [1.82, 2.24) is 0 Å². The Hall–Kier alpha value is 0.480. The van der Waals surface area contributed by atoms with Crippen LogP contribution in [0, 0.1) is 0 Å². The lowest BCUT2D eigenvalue weighted by Gasteiger charge is -1.93. The normalized spacial score (nSPS) is 13.7. The zero-order chi connectivity index (χ0) is 4.99. The second-order valence-corrected chi connectivity index (χ2v) is 1.78. The van der Waals surface area contributed by atoms with Crippen molar-refractivity contribution in [3.8, 4) is 0 Å². The van der Waals surface area contributed by atoms with Crippen LogP contribution in [-0.2, 0) is 0 Å². The van der Waals surface area contributed by atoms with Crippen LogP contribution >= 0.6 is 21.5 Å². The molecule has 0 aliphatic rings. The molecule has 0 radical (unpaired) electrons. The van der Waals surface area contributed by atoms with E-state index in [-0.39, 0.29) is 6.04 Å². The van der Waals surface area contributed by atoms with Gasteiger partial charge in [-0.1, -0.05) is 12.2 Å². The summed E-state index contributed by atoms with van der Waals surface area (Å²) in [7, 11) is 2.52. The number of hydrogen-bond donors (Lipinski definition) is 1. The van der Waals surface area contributed by atoms with E-state index in [2.05, 4.69) is 21.5 Å². The van der Waals surface area contributed by atoms with E-state index in [0.29, 0.717) is 0 Å². The zero-order valence-electron chi connectivity index (χ0n) is 3.42. The van der Waals surface area contributed by atoms with Crippen molar-refractivity contribution in [3.63, 3.8) is 0 Å². The van der Waals surface area contributed by atoms with Crippen LogP contribution in [0.1, 0.15) is 0 Å². The van der Waals surface area contributed by atoms with E-state index in [4.69, 9.17) is 5.73 Å². The monoisotopic (exact) mass is 121 g/mol. The van der Waals surface area contributed by atoms with Gasteiger partial charge >= 0.3 is 0 Å². The predicted octanol–water partition coefficient (Wildman–Crippen LogP) is 0.189. The molecule has 0 heterocycles. The van der Waals surface area contributed by atoms with Gasteiger partial charge in [-0.3, -0.25) is 0 Å². The van der Waals surface area contributed by atoms with Gasteiger partial charge in [-0.2, -0.15) is 0 Å². The first-order valence-corrected chi connectivity index (χ1v) is 3.01. The highest BCUT2D eigenvalue weighted by molar-refractivity contribution is 7.79. The summed E-state index contributed by atoms with van der Waals surface area (Å²) >= 11 is 4.51. The molecule has 0 saturated heterocycles. The topological polar surface area (TPSA) is 26.0 Å². The van der Waals surface area contributed by atoms with Crippen LogP contribution in [0.15, 0.2) is 0 Å². The average molecular weight is 121 g/mol. The van der Waals surface area contributed by atoms with Crippen LogP contribution in [-0.4, -0.2) is 17.6 Å². The molecule has 0 rings (SSSR count). The minimum atomic E-state index is 0.0880. The average Bonchev–Trinajstić information content (AvgIpc) is 1.65. The highest BCUT2D eigenvalue weighted by Crippen LogP contribution is 1.81. The van der Waals surface area contributed by atoms with Crippen molar-refractivity contribution < 1.29 is 0 Å². The summed E-state index contributed by atoms with van der Waals surface area (Å²) in [6.07, 6.45) is 0.865. The van der Waals surface area contributed by atoms with E-state index in [1.54, 1.807) is 5.37 Å². The Morgan fingerprint density at radius 1 is 2.00 bits per heavy atom. The molecule has 6 heavy (non-hydrogen) atoms. The van der Waals surface area contributed by atoms with Gasteiger partial charge in [0.15, 0.2) is 0 Å². The Balaban J connectivity index is 2.96. The standard InChI is InChI=1S/C3H8NPS/c4-3(1-5)2-6/h2-3H,1,4-5H2. The molecule has 0 fully saturated rings. The summed E-state index contributed by atoms with van der Waals surface area (Å²) in [6, 6.07) is 0.0880. The maximum atomic E-state index is 5.29. The number of nitrogens with two attached hydrogens (primary N) is 1. The molecule has 0 aliphatic heterocycles. The van der Waals surface area contributed by atoms with Crippen molar-refractivity contribution in [2.75, 3.05) is 6.16 Å². The molecule has 1 nitrogen and oxygen atoms in total. The SMILES string of the molecule is NC(C=S)CP. The quantitative estimate of drug-likeness (QED) is 0.417. The van der Waals surface area contributed by atoms with Crippen molar-refractivity contribution in [2.24, 2.45) is 5.73 Å². The van der Waals surface area contributed by atoms with Crippen molar-refractivity contribution in [1.29, 1.82) is 0 Å². The van der Waals surface area contributed by atoms with Crippen LogP contribution in [0.5, 0.6) is 0 Å². The van der Waals surface area contributed by atoms with E-state index in [0.717, 1.165) is 6.16 Å². The highest BCUT2D eigenvalue weighted by Gasteiger charge is 1.85. The molecule has 2 N–H and O–H groups in total. The lowest BCUT2D eigenvalue weighted by molar-refractivity contribution is 1.03. The Bertz CT molecular complexity index is 48.1. The van der Waals surface area contributed by atoms with Gasteiger partial charge < -0.3 is 5.73 Å². The third-order valence-corrected chi connectivity index (χ3v) is 1.34. The van der Waals surface area contributed by atoms with E-state index in [9.17, 15) is 0 Å². The second-order valence-electron chi connectivity index (χ2n) is 1.04. The van der Waals surface area contributed by atoms with Crippen LogP contribution < -0.4 is 5.73 Å². The fourth-order valence-electron chi connectivity index (χ4n) is 0.0556. The number of rotatable bonds is 2. The molecule has 0 aromatic heterocycles. The van der Waals surface area contributed by atoms with Crippen LogP contribution in [0.25, 0.3) is 0 Å². The van der Waals surface area contributed by atoms with E-state index >= 15 is 0 Å². The largest absolute Gasteiger partial charge is 0.323 e. The van der Waals surface area contributed by atoms with Crippen LogP contribution in [0.2, 0.25) is 0 Å². The van der Waals surface area contributed by atoms with Gasteiger partial charge in [-0.25, -0.2) is 0 Å². The number of hydrogen-bond acceptors (Lipinski definition) is 2. The Morgan fingerprint density at radius 3 is 2.50 bits per heavy atom. The minimum absolute atomic E-state index is 0.0880. The van der Waals surface area contributed by atoms with Gasteiger partial charge in [0, 0.05) is 6.04 Å². The Kier molecular flexibility index (Phi) is 3.96. The van der Waals surface area contributed by atoms with Gasteiger partial charge in [-0.05, 0) is 11.5 Å². The van der Waals surface area contributed by atoms with Crippen molar-refractivity contribution in [2.45, 2.75) is 6.04 Å². The molecule has 0 amide bonds. The van der Waals surface area contributed by atoms with Gasteiger partial charge in [-0.15, -0.1) is 9.24 Å². The fraction of sp³-hybridized carbons (Fsp3) is 0.667. The van der Waals surface area contributed by atoms with Gasteiger partial charge in [0.1, 0.15) is 0 Å². The Labute approximate surface area is 45.5 Å². The van der Waals surface area contributed by atoms with E-state index < -0.39 is 0 Å². The molecule has 0 bridgehead atoms. The highest BCUT2D eigenvalue weighted by atomic mass is 32.1. The van der Waals surface area contributed by atoms with E-state index in [1.807, 2.05) is 0 Å². The molecule has 0 aliphatic carbocycles. The summed E-state index contributed by atoms with van der Waals surface area (Å²) in [4.78, 5) is 0. The molecular formula is C3H8NPS. The van der Waals surface area contributed by atoms with Crippen molar-refractivity contribution in [3.05, 3.63) is 0 Å². The first kappa shape index (κ1) is 6.48. The smallest absolute Gasteiger partial charge is 0.0363 e. The molecule has 36 valence electrons. The molecule has 2 unspecified atom stereocenters. The van der Waals surface area contributed by atoms with Crippen LogP contribution in [0.3, 0.4) is 0 Å². The van der Waals surface area contributed by atoms with Crippen molar-refractivity contribution >= 4 is 26.8 Å². The fourth-order valence-corrected chi connectivity index (χ4v) is 0.500. The third-order valence-electron chi connectivity index (χ3n) is 0.447. The van der Waals surface area contributed by atoms with Crippen LogP contribution in [0.4, 0.5) is 0 Å². The maximum absolute atomic E-state index is 5.29. The molecule has 0 spiro atoms. The lowest BCUT2D eigenvalue weighted by Crippen LogP contribution is -2.21. The molecule has 0 aromatic rings. The predicted molar refractivity (Wildman–Crippen MR) is 36.2 cm³/mol. The summed E-state index contributed by atoms with van der Waals surface area (Å²) in [5, 5.41) is 1.56. The molecule has 0 aromatic carbocycles.